The van der Waals surface area contributed by atoms with Crippen LogP contribution in [0.2, 0.25) is 0 Å². The van der Waals surface area contributed by atoms with Crippen LogP contribution in [0.4, 0.5) is 0 Å². The lowest BCUT2D eigenvalue weighted by molar-refractivity contribution is -0.139. The van der Waals surface area contributed by atoms with E-state index in [0.29, 0.717) is 5.92 Å². The van der Waals surface area contributed by atoms with E-state index in [0.717, 1.165) is 51.7 Å². The third kappa shape index (κ3) is 7.04. The van der Waals surface area contributed by atoms with Crippen LogP contribution >= 0.6 is 0 Å². The van der Waals surface area contributed by atoms with Crippen LogP contribution in [0.5, 0.6) is 0 Å². The van der Waals surface area contributed by atoms with Gasteiger partial charge >= 0.3 is 5.97 Å². The van der Waals surface area contributed by atoms with Crippen molar-refractivity contribution in [2.45, 2.75) is 64.7 Å². The van der Waals surface area contributed by atoms with E-state index < -0.39 is 5.97 Å². The lowest BCUT2D eigenvalue weighted by Gasteiger charge is -2.27. The van der Waals surface area contributed by atoms with Crippen LogP contribution in [0.15, 0.2) is 0 Å². The zero-order valence-corrected chi connectivity index (χ0v) is 12.6. The highest BCUT2D eigenvalue weighted by molar-refractivity contribution is 5.84. The summed E-state index contributed by atoms with van der Waals surface area (Å²) in [7, 11) is 0. The second-order valence-electron chi connectivity index (χ2n) is 5.83. The molecule has 0 aromatic carbocycles. The number of rotatable bonds is 10. The fourth-order valence-corrected chi connectivity index (χ4v) is 2.81. The van der Waals surface area contributed by atoms with Crippen molar-refractivity contribution in [2.24, 2.45) is 11.8 Å². The van der Waals surface area contributed by atoms with Crippen LogP contribution in [0, 0.1) is 11.8 Å². The minimum Gasteiger partial charge on any atom is -0.481 e. The summed E-state index contributed by atoms with van der Waals surface area (Å²) >= 11 is 0. The molecule has 0 amide bonds. The van der Waals surface area contributed by atoms with E-state index in [1.165, 1.54) is 6.42 Å². The van der Waals surface area contributed by atoms with E-state index in [9.17, 15) is 9.59 Å². The molecule has 4 heteroatoms. The van der Waals surface area contributed by atoms with Crippen LogP contribution in [-0.4, -0.2) is 30.1 Å². The van der Waals surface area contributed by atoms with Gasteiger partial charge in [0, 0.05) is 25.6 Å². The van der Waals surface area contributed by atoms with Crippen LogP contribution < -0.4 is 0 Å². The van der Waals surface area contributed by atoms with Gasteiger partial charge in [-0.1, -0.05) is 13.3 Å². The quantitative estimate of drug-likeness (QED) is 0.624. The highest BCUT2D eigenvalue weighted by atomic mass is 16.5. The number of Topliss-reactive ketones (excluding diaryl/α,β-unsaturated/α-hetero) is 1. The van der Waals surface area contributed by atoms with Gasteiger partial charge in [-0.2, -0.15) is 0 Å². The van der Waals surface area contributed by atoms with Crippen LogP contribution in [0.1, 0.15) is 64.7 Å². The molecule has 20 heavy (non-hydrogen) atoms. The topological polar surface area (TPSA) is 63.6 Å². The molecule has 1 aliphatic rings. The smallest absolute Gasteiger partial charge is 0.303 e. The monoisotopic (exact) mass is 284 g/mol. The van der Waals surface area contributed by atoms with E-state index in [4.69, 9.17) is 9.84 Å². The summed E-state index contributed by atoms with van der Waals surface area (Å²) in [5.41, 5.74) is 0. The molecule has 0 heterocycles. The Labute approximate surface area is 121 Å². The molecule has 0 unspecified atom stereocenters. The molecule has 0 bridgehead atoms. The molecule has 4 nitrogen and oxygen atoms in total. The number of ether oxygens (including phenoxy) is 1. The van der Waals surface area contributed by atoms with Crippen LogP contribution in [-0.2, 0) is 14.3 Å². The Bertz CT molecular complexity index is 293. The average molecular weight is 284 g/mol. The van der Waals surface area contributed by atoms with Crippen molar-refractivity contribution in [1.82, 2.24) is 0 Å². The zero-order chi connectivity index (χ0) is 14.8. The fraction of sp³-hybridized carbons (Fsp3) is 0.875. The fourth-order valence-electron chi connectivity index (χ4n) is 2.81. The molecule has 1 N–H and O–H groups in total. The molecular weight excluding hydrogens is 256 g/mol. The molecule has 0 saturated heterocycles. The average Bonchev–Trinajstić information content (AvgIpc) is 2.45. The van der Waals surface area contributed by atoms with Crippen molar-refractivity contribution >= 4 is 11.8 Å². The lowest BCUT2D eigenvalue weighted by Crippen LogP contribution is -2.23. The van der Waals surface area contributed by atoms with Gasteiger partial charge in [-0.25, -0.2) is 0 Å². The summed E-state index contributed by atoms with van der Waals surface area (Å²) in [5, 5.41) is 8.60. The molecule has 0 aliphatic heterocycles. The van der Waals surface area contributed by atoms with Crippen molar-refractivity contribution in [3.05, 3.63) is 0 Å². The summed E-state index contributed by atoms with van der Waals surface area (Å²) < 4.78 is 5.58. The molecule has 1 rings (SSSR count). The third-order valence-corrected chi connectivity index (χ3v) is 4.20. The molecule has 1 fully saturated rings. The Morgan fingerprint density at radius 2 is 1.80 bits per heavy atom. The first-order chi connectivity index (χ1) is 9.63. The van der Waals surface area contributed by atoms with E-state index in [1.54, 1.807) is 0 Å². The molecule has 0 atom stereocenters. The van der Waals surface area contributed by atoms with Gasteiger partial charge in [-0.3, -0.25) is 9.59 Å². The molecule has 1 aliphatic carbocycles. The first kappa shape index (κ1) is 17.2. The van der Waals surface area contributed by atoms with E-state index in [1.807, 2.05) is 0 Å². The predicted octanol–water partition coefficient (Wildman–Crippen LogP) is 3.43. The number of carbonyl (C=O) groups excluding carboxylic acids is 1. The summed E-state index contributed by atoms with van der Waals surface area (Å²) in [4.78, 5) is 22.3. The van der Waals surface area contributed by atoms with Crippen molar-refractivity contribution in [3.63, 3.8) is 0 Å². The van der Waals surface area contributed by atoms with Gasteiger partial charge in [-0.15, -0.1) is 0 Å². The molecule has 0 aromatic rings. The molecule has 0 aromatic heterocycles. The number of ketones is 1. The largest absolute Gasteiger partial charge is 0.481 e. The highest BCUT2D eigenvalue weighted by Gasteiger charge is 2.25. The molecule has 0 radical (unpaired) electrons. The lowest BCUT2D eigenvalue weighted by atomic mass is 9.78. The van der Waals surface area contributed by atoms with Crippen molar-refractivity contribution in [2.75, 3.05) is 13.2 Å². The Balaban J connectivity index is 2.10. The van der Waals surface area contributed by atoms with E-state index in [2.05, 4.69) is 6.92 Å². The Morgan fingerprint density at radius 1 is 1.10 bits per heavy atom. The molecular formula is C16H28O4. The standard InChI is InChI=1S/C16H28O4/c1-2-3-11-20-12-10-13-4-6-14(7-5-13)15(17)8-9-16(18)19/h13-14H,2-12H2,1H3,(H,18,19). The summed E-state index contributed by atoms with van der Waals surface area (Å²) in [6.45, 7) is 3.85. The number of carboxylic acids is 1. The van der Waals surface area contributed by atoms with Crippen LogP contribution in [0.3, 0.4) is 0 Å². The van der Waals surface area contributed by atoms with Crippen molar-refractivity contribution < 1.29 is 19.4 Å². The van der Waals surface area contributed by atoms with Gasteiger partial charge in [0.15, 0.2) is 0 Å². The zero-order valence-electron chi connectivity index (χ0n) is 12.6. The normalized spacial score (nSPS) is 22.6. The van der Waals surface area contributed by atoms with Gasteiger partial charge in [0.05, 0.1) is 6.42 Å². The Hall–Kier alpha value is -0.900. The van der Waals surface area contributed by atoms with Gasteiger partial charge in [-0.05, 0) is 44.4 Å². The van der Waals surface area contributed by atoms with Crippen molar-refractivity contribution in [1.29, 1.82) is 0 Å². The SMILES string of the molecule is CCCCOCCC1CCC(C(=O)CCC(=O)O)CC1. The molecule has 0 spiro atoms. The minimum atomic E-state index is -0.878. The second-order valence-corrected chi connectivity index (χ2v) is 5.83. The highest BCUT2D eigenvalue weighted by Crippen LogP contribution is 2.32. The van der Waals surface area contributed by atoms with Gasteiger partial charge in [0.2, 0.25) is 0 Å². The third-order valence-electron chi connectivity index (χ3n) is 4.20. The number of hydrogen-bond donors (Lipinski definition) is 1. The number of hydrogen-bond acceptors (Lipinski definition) is 3. The molecule has 1 saturated carbocycles. The first-order valence-electron chi connectivity index (χ1n) is 7.95. The minimum absolute atomic E-state index is 0.0238. The van der Waals surface area contributed by atoms with Crippen LogP contribution in [0.25, 0.3) is 0 Å². The maximum Gasteiger partial charge on any atom is 0.303 e. The van der Waals surface area contributed by atoms with E-state index >= 15 is 0 Å². The van der Waals surface area contributed by atoms with Gasteiger partial charge in [0.1, 0.15) is 5.78 Å². The number of aliphatic carboxylic acids is 1. The van der Waals surface area contributed by atoms with E-state index in [-0.39, 0.29) is 24.5 Å². The maximum absolute atomic E-state index is 11.9. The van der Waals surface area contributed by atoms with Gasteiger partial charge in [0.25, 0.3) is 0 Å². The first-order valence-corrected chi connectivity index (χ1v) is 7.95. The number of carboxylic acid groups (broad SMARTS) is 1. The maximum atomic E-state index is 11.9. The predicted molar refractivity (Wildman–Crippen MR) is 77.7 cm³/mol. The van der Waals surface area contributed by atoms with Gasteiger partial charge < -0.3 is 9.84 Å². The number of carbonyl (C=O) groups is 2. The summed E-state index contributed by atoms with van der Waals surface area (Å²) in [6.07, 6.45) is 7.60. The Kier molecular flexibility index (Phi) is 8.51. The Morgan fingerprint density at radius 3 is 2.40 bits per heavy atom. The molecule has 116 valence electrons. The second kappa shape index (κ2) is 9.92. The summed E-state index contributed by atoms with van der Waals surface area (Å²) in [5.74, 6) is 0.0491. The summed E-state index contributed by atoms with van der Waals surface area (Å²) in [6, 6.07) is 0. The number of unbranched alkanes of at least 4 members (excludes halogenated alkanes) is 1. The van der Waals surface area contributed by atoms with Crippen molar-refractivity contribution in [3.8, 4) is 0 Å².